The van der Waals surface area contributed by atoms with Crippen LogP contribution in [-0.2, 0) is 16.1 Å². The Hall–Kier alpha value is -2.21. The number of hydroxylamine groups is 2. The van der Waals surface area contributed by atoms with Crippen LogP contribution in [0.15, 0.2) is 60.7 Å². The number of esters is 1. The van der Waals surface area contributed by atoms with Crippen molar-refractivity contribution in [3.63, 3.8) is 0 Å². The monoisotopic (exact) mass is 329 g/mol. The van der Waals surface area contributed by atoms with Gasteiger partial charge in [-0.15, -0.1) is 0 Å². The molecule has 0 aromatic heterocycles. The Kier molecular flexibility index (Phi) is 6.49. The summed E-state index contributed by atoms with van der Waals surface area (Å²) >= 11 is 0. The number of ether oxygens (including phenoxy) is 1. The Morgan fingerprint density at radius 2 is 1.62 bits per heavy atom. The van der Waals surface area contributed by atoms with E-state index in [4.69, 9.17) is 4.74 Å². The second-order valence-corrected chi connectivity index (χ2v) is 5.73. The third-order valence-electron chi connectivity index (χ3n) is 3.98. The lowest BCUT2D eigenvalue weighted by Crippen LogP contribution is -2.40. The molecule has 24 heavy (non-hydrogen) atoms. The van der Waals surface area contributed by atoms with E-state index in [2.05, 4.69) is 0 Å². The van der Waals surface area contributed by atoms with Crippen molar-refractivity contribution in [3.8, 4) is 0 Å². The SMILES string of the molecule is COC(=O)[C@H]([C@@H](C)O)[C@H](c1ccccc1)N(O)Cc1ccccc1. The van der Waals surface area contributed by atoms with Gasteiger partial charge in [0.2, 0.25) is 0 Å². The topological polar surface area (TPSA) is 70.0 Å². The van der Waals surface area contributed by atoms with Crippen LogP contribution < -0.4 is 0 Å². The zero-order chi connectivity index (χ0) is 17.5. The first-order valence-corrected chi connectivity index (χ1v) is 7.85. The van der Waals surface area contributed by atoms with Crippen molar-refractivity contribution in [1.29, 1.82) is 0 Å². The van der Waals surface area contributed by atoms with Crippen molar-refractivity contribution in [2.24, 2.45) is 5.92 Å². The van der Waals surface area contributed by atoms with E-state index in [9.17, 15) is 15.1 Å². The molecule has 0 saturated heterocycles. The number of hydrogen-bond donors (Lipinski definition) is 2. The number of aliphatic hydroxyl groups is 1. The molecule has 0 spiro atoms. The first kappa shape index (κ1) is 18.1. The van der Waals surface area contributed by atoms with Crippen LogP contribution in [0.5, 0.6) is 0 Å². The van der Waals surface area contributed by atoms with Gasteiger partial charge in [-0.3, -0.25) is 4.79 Å². The van der Waals surface area contributed by atoms with E-state index >= 15 is 0 Å². The zero-order valence-corrected chi connectivity index (χ0v) is 13.9. The van der Waals surface area contributed by atoms with Crippen LogP contribution in [0.2, 0.25) is 0 Å². The molecular formula is C19H23NO4. The molecule has 2 N–H and O–H groups in total. The van der Waals surface area contributed by atoms with Gasteiger partial charge in [0.1, 0.15) is 5.92 Å². The maximum Gasteiger partial charge on any atom is 0.313 e. The van der Waals surface area contributed by atoms with Crippen molar-refractivity contribution in [3.05, 3.63) is 71.8 Å². The van der Waals surface area contributed by atoms with Crippen LogP contribution in [0.4, 0.5) is 0 Å². The molecule has 0 unspecified atom stereocenters. The average molecular weight is 329 g/mol. The van der Waals surface area contributed by atoms with Gasteiger partial charge in [0, 0.05) is 6.54 Å². The smallest absolute Gasteiger partial charge is 0.313 e. The molecule has 0 aliphatic rings. The lowest BCUT2D eigenvalue weighted by molar-refractivity contribution is -0.182. The Morgan fingerprint density at radius 1 is 1.08 bits per heavy atom. The standard InChI is InChI=1S/C19H23NO4/c1-14(21)17(19(22)24-2)18(16-11-7-4-8-12-16)20(23)13-15-9-5-3-6-10-15/h3-12,14,17-18,21,23H,13H2,1-2H3/t14-,17-,18+/m1/s1. The summed E-state index contributed by atoms with van der Waals surface area (Å²) < 4.78 is 4.84. The van der Waals surface area contributed by atoms with Gasteiger partial charge in [-0.05, 0) is 18.1 Å². The molecule has 0 amide bonds. The summed E-state index contributed by atoms with van der Waals surface area (Å²) in [7, 11) is 1.28. The van der Waals surface area contributed by atoms with Crippen LogP contribution in [-0.4, -0.2) is 34.6 Å². The fourth-order valence-corrected chi connectivity index (χ4v) is 2.81. The van der Waals surface area contributed by atoms with Crippen molar-refractivity contribution < 1.29 is 19.8 Å². The minimum Gasteiger partial charge on any atom is -0.469 e. The Balaban J connectivity index is 2.36. The maximum absolute atomic E-state index is 12.2. The summed E-state index contributed by atoms with van der Waals surface area (Å²) in [5.74, 6) is -1.47. The normalized spacial score (nSPS) is 14.9. The van der Waals surface area contributed by atoms with E-state index in [-0.39, 0.29) is 6.54 Å². The number of nitrogens with zero attached hydrogens (tertiary/aromatic N) is 1. The first-order chi connectivity index (χ1) is 11.5. The highest BCUT2D eigenvalue weighted by Crippen LogP contribution is 2.32. The van der Waals surface area contributed by atoms with E-state index in [1.807, 2.05) is 60.7 Å². The van der Waals surface area contributed by atoms with Crippen LogP contribution in [0.25, 0.3) is 0 Å². The summed E-state index contributed by atoms with van der Waals surface area (Å²) in [4.78, 5) is 12.2. The van der Waals surface area contributed by atoms with E-state index in [0.29, 0.717) is 0 Å². The quantitative estimate of drug-likeness (QED) is 0.604. The highest BCUT2D eigenvalue weighted by atomic mass is 16.5. The average Bonchev–Trinajstić information content (AvgIpc) is 2.60. The number of carbonyl (C=O) groups excluding carboxylic acids is 1. The first-order valence-electron chi connectivity index (χ1n) is 7.85. The second-order valence-electron chi connectivity index (χ2n) is 5.73. The Labute approximate surface area is 142 Å². The molecule has 0 fully saturated rings. The molecule has 0 radical (unpaired) electrons. The molecule has 128 valence electrons. The third kappa shape index (κ3) is 4.41. The molecule has 5 nitrogen and oxygen atoms in total. The zero-order valence-electron chi connectivity index (χ0n) is 13.9. The third-order valence-corrected chi connectivity index (χ3v) is 3.98. The van der Waals surface area contributed by atoms with Gasteiger partial charge >= 0.3 is 5.97 Å². The van der Waals surface area contributed by atoms with Gasteiger partial charge in [0.25, 0.3) is 0 Å². The summed E-state index contributed by atoms with van der Waals surface area (Å²) in [5, 5.41) is 21.9. The van der Waals surface area contributed by atoms with Gasteiger partial charge in [-0.2, -0.15) is 5.06 Å². The highest BCUT2D eigenvalue weighted by molar-refractivity contribution is 5.74. The molecule has 0 bridgehead atoms. The molecule has 2 aromatic rings. The van der Waals surface area contributed by atoms with Crippen molar-refractivity contribution in [2.45, 2.75) is 25.6 Å². The highest BCUT2D eigenvalue weighted by Gasteiger charge is 2.38. The molecule has 0 aliphatic heterocycles. The van der Waals surface area contributed by atoms with Crippen LogP contribution >= 0.6 is 0 Å². The van der Waals surface area contributed by atoms with Crippen LogP contribution in [0.3, 0.4) is 0 Å². The summed E-state index contributed by atoms with van der Waals surface area (Å²) in [6.45, 7) is 1.74. The minimum absolute atomic E-state index is 0.223. The fourth-order valence-electron chi connectivity index (χ4n) is 2.81. The van der Waals surface area contributed by atoms with Gasteiger partial charge in [-0.1, -0.05) is 60.7 Å². The Morgan fingerprint density at radius 3 is 2.12 bits per heavy atom. The van der Waals surface area contributed by atoms with E-state index in [1.54, 1.807) is 0 Å². The Bertz CT molecular complexity index is 630. The predicted molar refractivity (Wildman–Crippen MR) is 90.1 cm³/mol. The van der Waals surface area contributed by atoms with Gasteiger partial charge in [-0.25, -0.2) is 0 Å². The van der Waals surface area contributed by atoms with Crippen molar-refractivity contribution in [2.75, 3.05) is 7.11 Å². The summed E-state index contributed by atoms with van der Waals surface area (Å²) in [6.07, 6.45) is -0.979. The minimum atomic E-state index is -0.979. The van der Waals surface area contributed by atoms with E-state index in [0.717, 1.165) is 16.2 Å². The summed E-state index contributed by atoms with van der Waals surface area (Å²) in [5.41, 5.74) is 1.63. The predicted octanol–water partition coefficient (Wildman–Crippen LogP) is 2.79. The van der Waals surface area contributed by atoms with Crippen LogP contribution in [0, 0.1) is 5.92 Å². The van der Waals surface area contributed by atoms with Crippen molar-refractivity contribution in [1.82, 2.24) is 5.06 Å². The van der Waals surface area contributed by atoms with Gasteiger partial charge in [0.05, 0.1) is 19.3 Å². The lowest BCUT2D eigenvalue weighted by Gasteiger charge is -2.33. The van der Waals surface area contributed by atoms with Gasteiger partial charge < -0.3 is 15.1 Å². The largest absolute Gasteiger partial charge is 0.469 e. The number of benzene rings is 2. The molecule has 3 atom stereocenters. The number of aliphatic hydroxyl groups excluding tert-OH is 1. The molecule has 0 aliphatic carbocycles. The molecule has 5 heteroatoms. The number of hydrogen-bond acceptors (Lipinski definition) is 5. The molecule has 2 aromatic carbocycles. The molecule has 2 rings (SSSR count). The number of rotatable bonds is 7. The molecule has 0 heterocycles. The second kappa shape index (κ2) is 8.59. The maximum atomic E-state index is 12.2. The lowest BCUT2D eigenvalue weighted by atomic mass is 9.88. The number of methoxy groups -OCH3 is 1. The molecular weight excluding hydrogens is 306 g/mol. The van der Waals surface area contributed by atoms with Crippen LogP contribution in [0.1, 0.15) is 24.1 Å². The van der Waals surface area contributed by atoms with E-state index in [1.165, 1.54) is 14.0 Å². The summed E-state index contributed by atoms with van der Waals surface area (Å²) in [6, 6.07) is 17.9. The van der Waals surface area contributed by atoms with E-state index < -0.39 is 24.0 Å². The van der Waals surface area contributed by atoms with Crippen molar-refractivity contribution >= 4 is 5.97 Å². The van der Waals surface area contributed by atoms with Gasteiger partial charge in [0.15, 0.2) is 0 Å². The fraction of sp³-hybridized carbons (Fsp3) is 0.316. The molecule has 0 saturated carbocycles. The number of carbonyl (C=O) groups is 1.